The number of rotatable bonds is 9. The quantitative estimate of drug-likeness (QED) is 0.240. The Labute approximate surface area is 220 Å². The molecule has 1 aliphatic rings. The van der Waals surface area contributed by atoms with Crippen molar-refractivity contribution in [3.63, 3.8) is 0 Å². The molecule has 1 atom stereocenters. The Morgan fingerprint density at radius 1 is 1.05 bits per heavy atom. The number of benzene rings is 2. The van der Waals surface area contributed by atoms with Gasteiger partial charge in [0.25, 0.3) is 0 Å². The summed E-state index contributed by atoms with van der Waals surface area (Å²) in [7, 11) is -2.11. The molecule has 9 heteroatoms. The molecular weight excluding hydrogens is 486 g/mol. The molecule has 1 saturated heterocycles. The number of imidazole rings is 1. The van der Waals surface area contributed by atoms with Crippen LogP contribution in [0.4, 0.5) is 5.95 Å². The predicted molar refractivity (Wildman–Crippen MR) is 146 cm³/mol. The van der Waals surface area contributed by atoms with E-state index in [1.54, 1.807) is 10.8 Å². The summed E-state index contributed by atoms with van der Waals surface area (Å²) in [5.41, 5.74) is -0.787. The Balaban J connectivity index is 1.73. The maximum absolute atomic E-state index is 11.5. The molecule has 0 saturated carbocycles. The summed E-state index contributed by atoms with van der Waals surface area (Å²) in [5, 5.41) is 13.9. The van der Waals surface area contributed by atoms with E-state index >= 15 is 0 Å². The molecule has 0 N–H and O–H groups in total. The van der Waals surface area contributed by atoms with E-state index in [2.05, 4.69) is 74.3 Å². The van der Waals surface area contributed by atoms with Crippen molar-refractivity contribution in [2.24, 2.45) is 10.8 Å². The SMILES string of the molecule is CC1(C)OCC(CCn2ccnc2[N+](=O)[O-])(C(O[SiH](c2ccccc2)c2ccccc2)C(C)(C)C)CO1. The van der Waals surface area contributed by atoms with Gasteiger partial charge in [-0.1, -0.05) is 86.4 Å². The van der Waals surface area contributed by atoms with E-state index in [-0.39, 0.29) is 17.5 Å². The Kier molecular flexibility index (Phi) is 7.98. The number of hydrogen-bond acceptors (Lipinski definition) is 6. The molecule has 1 aromatic heterocycles. The Hall–Kier alpha value is -2.85. The van der Waals surface area contributed by atoms with Crippen molar-refractivity contribution < 1.29 is 18.8 Å². The summed E-state index contributed by atoms with van der Waals surface area (Å²) in [6.07, 6.45) is 3.45. The number of nitro groups is 1. The van der Waals surface area contributed by atoms with Crippen molar-refractivity contribution in [1.29, 1.82) is 0 Å². The highest BCUT2D eigenvalue weighted by Gasteiger charge is 2.51. The Morgan fingerprint density at radius 3 is 2.08 bits per heavy atom. The van der Waals surface area contributed by atoms with Gasteiger partial charge in [-0.25, -0.2) is 4.57 Å². The summed E-state index contributed by atoms with van der Waals surface area (Å²) in [6, 6.07) is 20.8. The van der Waals surface area contributed by atoms with Crippen LogP contribution in [0.1, 0.15) is 41.0 Å². The van der Waals surface area contributed by atoms with E-state index in [0.29, 0.717) is 26.2 Å². The number of nitrogens with zero attached hydrogens (tertiary/aromatic N) is 3. The summed E-state index contributed by atoms with van der Waals surface area (Å²) in [5.74, 6) is -0.870. The maximum atomic E-state index is 11.5. The van der Waals surface area contributed by atoms with Gasteiger partial charge in [0.15, 0.2) is 5.79 Å². The molecule has 1 unspecified atom stereocenters. The van der Waals surface area contributed by atoms with E-state index in [9.17, 15) is 10.1 Å². The van der Waals surface area contributed by atoms with Gasteiger partial charge < -0.3 is 24.0 Å². The smallest absolute Gasteiger partial charge is 0.407 e. The van der Waals surface area contributed by atoms with Gasteiger partial charge in [-0.15, -0.1) is 0 Å². The first kappa shape index (κ1) is 27.2. The maximum Gasteiger partial charge on any atom is 0.434 e. The van der Waals surface area contributed by atoms with E-state index in [4.69, 9.17) is 13.9 Å². The van der Waals surface area contributed by atoms with Crippen LogP contribution in [0.15, 0.2) is 73.1 Å². The third-order valence-corrected chi connectivity index (χ3v) is 9.47. The first-order valence-electron chi connectivity index (χ1n) is 12.7. The highest BCUT2D eigenvalue weighted by atomic mass is 28.3. The third-order valence-electron chi connectivity index (χ3n) is 6.94. The second-order valence-corrected chi connectivity index (χ2v) is 13.7. The molecule has 2 aromatic carbocycles. The van der Waals surface area contributed by atoms with Gasteiger partial charge in [0.2, 0.25) is 9.04 Å². The van der Waals surface area contributed by atoms with Gasteiger partial charge in [-0.3, -0.25) is 0 Å². The topological polar surface area (TPSA) is 88.7 Å². The van der Waals surface area contributed by atoms with Crippen LogP contribution in [0.3, 0.4) is 0 Å². The molecule has 0 radical (unpaired) electrons. The lowest BCUT2D eigenvalue weighted by atomic mass is 9.69. The van der Waals surface area contributed by atoms with Gasteiger partial charge in [-0.05, 0) is 41.0 Å². The number of hydrogen-bond donors (Lipinski definition) is 0. The third kappa shape index (κ3) is 6.35. The lowest BCUT2D eigenvalue weighted by molar-refractivity contribution is -0.397. The van der Waals surface area contributed by atoms with E-state index < -0.39 is 25.2 Å². The minimum Gasteiger partial charge on any atom is -0.407 e. The molecule has 1 aliphatic heterocycles. The average molecular weight is 524 g/mol. The summed E-state index contributed by atoms with van der Waals surface area (Å²) < 4.78 is 21.4. The number of aromatic nitrogens is 2. The van der Waals surface area contributed by atoms with Crippen molar-refractivity contribution >= 4 is 25.4 Å². The monoisotopic (exact) mass is 523 g/mol. The minimum absolute atomic E-state index is 0.165. The van der Waals surface area contributed by atoms with E-state index in [1.807, 2.05) is 26.0 Å². The van der Waals surface area contributed by atoms with Gasteiger partial charge >= 0.3 is 5.95 Å². The van der Waals surface area contributed by atoms with Crippen LogP contribution in [0, 0.1) is 20.9 Å². The molecule has 0 spiro atoms. The first-order chi connectivity index (χ1) is 17.5. The zero-order chi connectivity index (χ0) is 26.7. The van der Waals surface area contributed by atoms with Gasteiger partial charge in [0.1, 0.15) is 12.4 Å². The second-order valence-electron chi connectivity index (χ2n) is 11.4. The molecule has 198 valence electrons. The van der Waals surface area contributed by atoms with Crippen molar-refractivity contribution in [3.8, 4) is 0 Å². The summed E-state index contributed by atoms with van der Waals surface area (Å²) in [4.78, 5) is 15.0. The van der Waals surface area contributed by atoms with Gasteiger partial charge in [0.05, 0.1) is 25.9 Å². The molecule has 0 amide bonds. The van der Waals surface area contributed by atoms with Gasteiger partial charge in [0, 0.05) is 5.41 Å². The number of aryl methyl sites for hydroxylation is 1. The zero-order valence-electron chi connectivity index (χ0n) is 22.3. The van der Waals surface area contributed by atoms with Crippen molar-refractivity contribution in [1.82, 2.24) is 9.55 Å². The molecule has 0 aliphatic carbocycles. The predicted octanol–water partition coefficient (Wildman–Crippen LogP) is 3.92. The van der Waals surface area contributed by atoms with Crippen LogP contribution in [0.5, 0.6) is 0 Å². The molecule has 3 aromatic rings. The first-order valence-corrected chi connectivity index (χ1v) is 14.3. The molecule has 37 heavy (non-hydrogen) atoms. The second kappa shape index (κ2) is 10.9. The highest BCUT2D eigenvalue weighted by molar-refractivity contribution is 6.80. The normalized spacial score (nSPS) is 18.0. The Morgan fingerprint density at radius 2 is 1.59 bits per heavy atom. The standard InChI is InChI=1S/C28H37N3O5Si/c1-26(2,3)24(36-37(22-12-8-6-9-13-22)23-14-10-7-11-15-23)28(20-34-27(4,5)35-21-28)16-18-30-19-17-29-25(30)31(32)33/h6-15,17,19,24,37H,16,18,20-21H2,1-5H3. The van der Waals surface area contributed by atoms with Crippen LogP contribution >= 0.6 is 0 Å². The summed E-state index contributed by atoms with van der Waals surface area (Å²) in [6.45, 7) is 11.6. The molecule has 1 fully saturated rings. The summed E-state index contributed by atoms with van der Waals surface area (Å²) >= 11 is 0. The molecule has 2 heterocycles. The fourth-order valence-corrected chi connectivity index (χ4v) is 7.96. The van der Waals surface area contributed by atoms with Crippen LogP contribution in [0.2, 0.25) is 0 Å². The van der Waals surface area contributed by atoms with E-state index in [0.717, 1.165) is 0 Å². The fourth-order valence-electron chi connectivity index (χ4n) is 5.14. The van der Waals surface area contributed by atoms with E-state index in [1.165, 1.54) is 16.6 Å². The molecule has 0 bridgehead atoms. The molecule has 8 nitrogen and oxygen atoms in total. The lowest BCUT2D eigenvalue weighted by Gasteiger charge is -2.52. The van der Waals surface area contributed by atoms with Crippen LogP contribution in [-0.4, -0.2) is 48.6 Å². The van der Waals surface area contributed by atoms with Gasteiger partial charge in [-0.2, -0.15) is 0 Å². The van der Waals surface area contributed by atoms with Crippen molar-refractivity contribution in [2.45, 2.75) is 59.5 Å². The highest BCUT2D eigenvalue weighted by Crippen LogP contribution is 2.44. The minimum atomic E-state index is -2.11. The van der Waals surface area contributed by atoms with Crippen molar-refractivity contribution in [2.75, 3.05) is 13.2 Å². The molecular formula is C28H37N3O5Si. The van der Waals surface area contributed by atoms with Crippen LogP contribution < -0.4 is 10.4 Å². The average Bonchev–Trinajstić information content (AvgIpc) is 3.34. The van der Waals surface area contributed by atoms with Crippen LogP contribution in [0.25, 0.3) is 0 Å². The lowest BCUT2D eigenvalue weighted by Crippen LogP contribution is -2.60. The Bertz CT molecular complexity index is 1130. The van der Waals surface area contributed by atoms with Crippen LogP contribution in [-0.2, 0) is 20.4 Å². The zero-order valence-corrected chi connectivity index (χ0v) is 23.4. The molecule has 4 rings (SSSR count). The number of ether oxygens (including phenoxy) is 2. The fraction of sp³-hybridized carbons (Fsp3) is 0.464. The largest absolute Gasteiger partial charge is 0.434 e. The van der Waals surface area contributed by atoms with Crippen molar-refractivity contribution in [3.05, 3.63) is 83.2 Å².